The van der Waals surface area contributed by atoms with Crippen LogP contribution in [0, 0.1) is 0 Å². The Kier molecular flexibility index (Phi) is 3.44. The summed E-state index contributed by atoms with van der Waals surface area (Å²) in [7, 11) is 0. The summed E-state index contributed by atoms with van der Waals surface area (Å²) in [4.78, 5) is 0.751. The van der Waals surface area contributed by atoms with Gasteiger partial charge in [-0.1, -0.05) is 69.2 Å². The molecule has 0 atom stereocenters. The van der Waals surface area contributed by atoms with E-state index in [1.165, 1.54) is 11.3 Å². The fourth-order valence-corrected chi connectivity index (χ4v) is 3.84. The van der Waals surface area contributed by atoms with Gasteiger partial charge in [0.25, 0.3) is 0 Å². The molecule has 0 aliphatic carbocycles. The van der Waals surface area contributed by atoms with Crippen molar-refractivity contribution in [3.05, 3.63) is 58.0 Å². The molecule has 4 nitrogen and oxygen atoms in total. The van der Waals surface area contributed by atoms with Crippen molar-refractivity contribution >= 4 is 43.8 Å². The first-order valence-electron chi connectivity index (χ1n) is 6.45. The molecule has 0 spiro atoms. The Labute approximate surface area is 143 Å². The van der Waals surface area contributed by atoms with Crippen molar-refractivity contribution in [1.82, 2.24) is 19.8 Å². The minimum atomic E-state index is 0.663. The average molecular weight is 392 g/mol. The number of aromatic nitrogens is 4. The van der Waals surface area contributed by atoms with Crippen LogP contribution in [0.5, 0.6) is 0 Å². The van der Waals surface area contributed by atoms with Crippen molar-refractivity contribution in [2.75, 3.05) is 0 Å². The highest BCUT2D eigenvalue weighted by molar-refractivity contribution is 9.10. The molecule has 2 aromatic carbocycles. The Morgan fingerprint density at radius 3 is 2.73 bits per heavy atom. The molecule has 7 heteroatoms. The molecule has 0 bridgehead atoms. The number of benzene rings is 2. The summed E-state index contributed by atoms with van der Waals surface area (Å²) in [5, 5.41) is 14.6. The van der Waals surface area contributed by atoms with E-state index in [0.29, 0.717) is 10.8 Å². The third kappa shape index (κ3) is 2.33. The number of hydrogen-bond acceptors (Lipinski definition) is 4. The van der Waals surface area contributed by atoms with Crippen LogP contribution in [0.1, 0.15) is 0 Å². The molecule has 0 fully saturated rings. The normalized spacial score (nSPS) is 11.2. The maximum absolute atomic E-state index is 6.05. The second-order valence-electron chi connectivity index (χ2n) is 4.62. The van der Waals surface area contributed by atoms with E-state index in [1.807, 2.05) is 48.5 Å². The monoisotopic (exact) mass is 390 g/mol. The topological polar surface area (TPSA) is 43.1 Å². The Hall–Kier alpha value is -1.76. The van der Waals surface area contributed by atoms with Gasteiger partial charge in [-0.15, -0.1) is 10.2 Å². The standard InChI is InChI=1S/C15H8BrClN4S/c16-12-7-2-1-6-11(12)14-20-21-13(18-19-15(21)22-14)9-4-3-5-10(17)8-9/h1-8H. The number of nitrogens with zero attached hydrogens (tertiary/aromatic N) is 4. The van der Waals surface area contributed by atoms with Crippen LogP contribution in [0.25, 0.3) is 26.9 Å². The Morgan fingerprint density at radius 1 is 1.05 bits per heavy atom. The quantitative estimate of drug-likeness (QED) is 0.486. The van der Waals surface area contributed by atoms with Crippen molar-refractivity contribution in [3.8, 4) is 22.0 Å². The first-order valence-corrected chi connectivity index (χ1v) is 8.44. The molecule has 4 rings (SSSR count). The summed E-state index contributed by atoms with van der Waals surface area (Å²) in [6.45, 7) is 0. The molecule has 0 aliphatic rings. The molecule has 0 saturated heterocycles. The predicted molar refractivity (Wildman–Crippen MR) is 92.2 cm³/mol. The minimum absolute atomic E-state index is 0.663. The van der Waals surface area contributed by atoms with E-state index in [-0.39, 0.29) is 0 Å². The lowest BCUT2D eigenvalue weighted by Crippen LogP contribution is -1.91. The molecule has 2 aromatic heterocycles. The van der Waals surface area contributed by atoms with Gasteiger partial charge >= 0.3 is 0 Å². The fraction of sp³-hybridized carbons (Fsp3) is 0. The lowest BCUT2D eigenvalue weighted by atomic mass is 10.2. The van der Waals surface area contributed by atoms with Gasteiger partial charge in [-0.3, -0.25) is 0 Å². The molecule has 0 saturated carbocycles. The molecule has 4 aromatic rings. The zero-order valence-electron chi connectivity index (χ0n) is 11.1. The molecule has 0 N–H and O–H groups in total. The summed E-state index contributed by atoms with van der Waals surface area (Å²) >= 11 is 11.1. The lowest BCUT2D eigenvalue weighted by molar-refractivity contribution is 0.970. The van der Waals surface area contributed by atoms with E-state index >= 15 is 0 Å². The van der Waals surface area contributed by atoms with Gasteiger partial charge in [0, 0.05) is 20.6 Å². The molecule has 2 heterocycles. The van der Waals surface area contributed by atoms with Gasteiger partial charge in [0.05, 0.1) is 0 Å². The van der Waals surface area contributed by atoms with Crippen LogP contribution in [0.4, 0.5) is 0 Å². The van der Waals surface area contributed by atoms with Crippen molar-refractivity contribution < 1.29 is 0 Å². The van der Waals surface area contributed by atoms with Crippen LogP contribution >= 0.6 is 38.9 Å². The molecule has 22 heavy (non-hydrogen) atoms. The summed E-state index contributed by atoms with van der Waals surface area (Å²) < 4.78 is 2.76. The van der Waals surface area contributed by atoms with Gasteiger partial charge in [0.1, 0.15) is 5.01 Å². The highest BCUT2D eigenvalue weighted by atomic mass is 79.9. The summed E-state index contributed by atoms with van der Waals surface area (Å²) in [5.41, 5.74) is 1.93. The first-order chi connectivity index (χ1) is 10.7. The molecule has 0 unspecified atom stereocenters. The molecule has 0 aliphatic heterocycles. The zero-order valence-corrected chi connectivity index (χ0v) is 14.2. The summed E-state index contributed by atoms with van der Waals surface area (Å²) in [6, 6.07) is 15.5. The summed E-state index contributed by atoms with van der Waals surface area (Å²) in [5.74, 6) is 0.687. The van der Waals surface area contributed by atoms with Crippen molar-refractivity contribution in [3.63, 3.8) is 0 Å². The Bertz CT molecular complexity index is 979. The van der Waals surface area contributed by atoms with Crippen LogP contribution < -0.4 is 0 Å². The van der Waals surface area contributed by atoms with Crippen molar-refractivity contribution in [1.29, 1.82) is 0 Å². The van der Waals surface area contributed by atoms with Gasteiger partial charge in [-0.25, -0.2) is 0 Å². The summed E-state index contributed by atoms with van der Waals surface area (Å²) in [6.07, 6.45) is 0. The number of fused-ring (bicyclic) bond motifs is 1. The van der Waals surface area contributed by atoms with Crippen LogP contribution in [0.2, 0.25) is 5.02 Å². The second-order valence-corrected chi connectivity index (χ2v) is 6.86. The zero-order chi connectivity index (χ0) is 15.1. The van der Waals surface area contributed by atoms with Gasteiger partial charge in [-0.2, -0.15) is 9.61 Å². The van der Waals surface area contributed by atoms with Crippen LogP contribution in [0.15, 0.2) is 53.0 Å². The van der Waals surface area contributed by atoms with E-state index in [2.05, 4.69) is 31.2 Å². The third-order valence-corrected chi connectivity index (χ3v) is 5.04. The van der Waals surface area contributed by atoms with Gasteiger partial charge in [0.15, 0.2) is 5.82 Å². The van der Waals surface area contributed by atoms with Gasteiger partial charge in [-0.05, 0) is 18.2 Å². The maximum Gasteiger partial charge on any atom is 0.235 e. The molecule has 0 radical (unpaired) electrons. The SMILES string of the molecule is Clc1cccc(-c2nnc3sc(-c4ccccc4Br)nn23)c1. The van der Waals surface area contributed by atoms with E-state index in [4.69, 9.17) is 11.6 Å². The predicted octanol–water partition coefficient (Wildman–Crippen LogP) is 4.94. The van der Waals surface area contributed by atoms with Crippen LogP contribution in [-0.2, 0) is 0 Å². The second kappa shape index (κ2) is 5.46. The minimum Gasteiger partial charge on any atom is -0.182 e. The van der Waals surface area contributed by atoms with E-state index in [9.17, 15) is 0 Å². The fourth-order valence-electron chi connectivity index (χ4n) is 2.17. The average Bonchev–Trinajstić information content (AvgIpc) is 3.07. The number of rotatable bonds is 2. The van der Waals surface area contributed by atoms with E-state index in [1.54, 1.807) is 4.52 Å². The Balaban J connectivity index is 1.88. The molecular formula is C15H8BrClN4S. The highest BCUT2D eigenvalue weighted by Crippen LogP contribution is 2.32. The van der Waals surface area contributed by atoms with Crippen molar-refractivity contribution in [2.45, 2.75) is 0 Å². The maximum atomic E-state index is 6.05. The third-order valence-electron chi connectivity index (χ3n) is 3.18. The molecular weight excluding hydrogens is 384 g/mol. The largest absolute Gasteiger partial charge is 0.235 e. The number of hydrogen-bond donors (Lipinski definition) is 0. The van der Waals surface area contributed by atoms with E-state index < -0.39 is 0 Å². The van der Waals surface area contributed by atoms with E-state index in [0.717, 1.165) is 25.6 Å². The van der Waals surface area contributed by atoms with Crippen molar-refractivity contribution in [2.24, 2.45) is 0 Å². The van der Waals surface area contributed by atoms with Crippen LogP contribution in [-0.4, -0.2) is 19.8 Å². The smallest absolute Gasteiger partial charge is 0.182 e. The highest BCUT2D eigenvalue weighted by Gasteiger charge is 2.15. The van der Waals surface area contributed by atoms with Gasteiger partial charge < -0.3 is 0 Å². The van der Waals surface area contributed by atoms with Gasteiger partial charge in [0.2, 0.25) is 4.96 Å². The Morgan fingerprint density at radius 2 is 1.91 bits per heavy atom. The molecule has 0 amide bonds. The molecule has 108 valence electrons. The first kappa shape index (κ1) is 13.9. The number of halogens is 2. The van der Waals surface area contributed by atoms with Crippen LogP contribution in [0.3, 0.4) is 0 Å². The lowest BCUT2D eigenvalue weighted by Gasteiger charge is -1.99.